The zero-order valence-corrected chi connectivity index (χ0v) is 8.16. The number of likely N-dealkylation sites (tertiary alicyclic amines) is 1. The number of nitrogens with two attached hydrogens (primary N) is 1. The van der Waals surface area contributed by atoms with Crippen LogP contribution in [0.2, 0.25) is 0 Å². The van der Waals surface area contributed by atoms with Crippen LogP contribution in [0.5, 0.6) is 0 Å². The van der Waals surface area contributed by atoms with Crippen molar-refractivity contribution in [2.24, 2.45) is 17.6 Å². The molecule has 2 fully saturated rings. The minimum absolute atomic E-state index is 0.499. The van der Waals surface area contributed by atoms with Crippen LogP contribution in [0.4, 0.5) is 0 Å². The average molecular weight is 168 g/mol. The van der Waals surface area contributed by atoms with Gasteiger partial charge in [-0.3, -0.25) is 0 Å². The Bertz CT molecular complexity index is 167. The Balaban J connectivity index is 1.98. The minimum Gasteiger partial charge on any atom is -0.327 e. The molecule has 70 valence electrons. The van der Waals surface area contributed by atoms with E-state index in [4.69, 9.17) is 5.73 Å². The van der Waals surface area contributed by atoms with Crippen LogP contribution in [0.15, 0.2) is 0 Å². The van der Waals surface area contributed by atoms with Crippen molar-refractivity contribution in [2.75, 3.05) is 13.1 Å². The molecule has 2 N–H and O–H groups in total. The van der Waals surface area contributed by atoms with Gasteiger partial charge in [-0.2, -0.15) is 0 Å². The van der Waals surface area contributed by atoms with Gasteiger partial charge in [-0.25, -0.2) is 0 Å². The molecule has 0 amide bonds. The first kappa shape index (κ1) is 8.52. The Hall–Kier alpha value is -0.0800. The van der Waals surface area contributed by atoms with Crippen molar-refractivity contribution >= 4 is 0 Å². The molecule has 2 heteroatoms. The molecule has 0 radical (unpaired) electrons. The first-order valence-electron chi connectivity index (χ1n) is 5.18. The van der Waals surface area contributed by atoms with Gasteiger partial charge in [0.15, 0.2) is 0 Å². The maximum Gasteiger partial charge on any atom is 0.00826 e. The Morgan fingerprint density at radius 3 is 2.58 bits per heavy atom. The summed E-state index contributed by atoms with van der Waals surface area (Å²) in [5.41, 5.74) is 6.06. The third-order valence-electron chi connectivity index (χ3n) is 3.67. The number of rotatable bonds is 1. The lowest BCUT2D eigenvalue weighted by atomic mass is 9.98. The monoisotopic (exact) mass is 168 g/mol. The van der Waals surface area contributed by atoms with E-state index in [2.05, 4.69) is 18.7 Å². The van der Waals surface area contributed by atoms with E-state index >= 15 is 0 Å². The zero-order chi connectivity index (χ0) is 8.72. The zero-order valence-electron chi connectivity index (χ0n) is 8.16. The summed E-state index contributed by atoms with van der Waals surface area (Å²) in [7, 11) is 0. The summed E-state index contributed by atoms with van der Waals surface area (Å²) in [6.07, 6.45) is 2.64. The lowest BCUT2D eigenvalue weighted by molar-refractivity contribution is 0.251. The van der Waals surface area contributed by atoms with Crippen LogP contribution in [-0.4, -0.2) is 30.1 Å². The topological polar surface area (TPSA) is 29.3 Å². The van der Waals surface area contributed by atoms with Crippen LogP contribution < -0.4 is 5.73 Å². The van der Waals surface area contributed by atoms with Crippen LogP contribution in [-0.2, 0) is 0 Å². The first-order chi connectivity index (χ1) is 5.68. The SMILES string of the molecule is CC(C)N1C[C@H]2CC[C@@H](N)[C@H]2C1. The van der Waals surface area contributed by atoms with Crippen LogP contribution in [0.3, 0.4) is 0 Å². The predicted octanol–water partition coefficient (Wildman–Crippen LogP) is 1.06. The predicted molar refractivity (Wildman–Crippen MR) is 50.9 cm³/mol. The summed E-state index contributed by atoms with van der Waals surface area (Å²) < 4.78 is 0. The Morgan fingerprint density at radius 1 is 1.25 bits per heavy atom. The van der Waals surface area contributed by atoms with Crippen molar-refractivity contribution in [1.29, 1.82) is 0 Å². The molecule has 3 atom stereocenters. The van der Waals surface area contributed by atoms with Gasteiger partial charge in [0.25, 0.3) is 0 Å². The van der Waals surface area contributed by atoms with Gasteiger partial charge in [0, 0.05) is 25.2 Å². The molecule has 2 nitrogen and oxygen atoms in total. The number of fused-ring (bicyclic) bond motifs is 1. The lowest BCUT2D eigenvalue weighted by Crippen LogP contribution is -2.33. The van der Waals surface area contributed by atoms with E-state index in [0.717, 1.165) is 11.8 Å². The summed E-state index contributed by atoms with van der Waals surface area (Å²) in [5.74, 6) is 1.73. The van der Waals surface area contributed by atoms with Crippen LogP contribution in [0.25, 0.3) is 0 Å². The van der Waals surface area contributed by atoms with Crippen LogP contribution in [0.1, 0.15) is 26.7 Å². The van der Waals surface area contributed by atoms with Crippen molar-refractivity contribution < 1.29 is 0 Å². The molecule has 2 aliphatic rings. The maximum atomic E-state index is 6.06. The van der Waals surface area contributed by atoms with E-state index in [-0.39, 0.29) is 0 Å². The molecule has 1 aliphatic heterocycles. The highest BCUT2D eigenvalue weighted by molar-refractivity contribution is 4.96. The molecule has 1 heterocycles. The quantitative estimate of drug-likeness (QED) is 0.634. The summed E-state index contributed by atoms with van der Waals surface area (Å²) in [4.78, 5) is 2.58. The smallest absolute Gasteiger partial charge is 0.00826 e. The third-order valence-corrected chi connectivity index (χ3v) is 3.67. The van der Waals surface area contributed by atoms with E-state index in [1.807, 2.05) is 0 Å². The van der Waals surface area contributed by atoms with Crippen LogP contribution in [0, 0.1) is 11.8 Å². The van der Waals surface area contributed by atoms with Crippen molar-refractivity contribution in [3.8, 4) is 0 Å². The number of hydrogen-bond donors (Lipinski definition) is 1. The van der Waals surface area contributed by atoms with E-state index in [9.17, 15) is 0 Å². The minimum atomic E-state index is 0.499. The average Bonchev–Trinajstić information content (AvgIpc) is 2.53. The maximum absolute atomic E-state index is 6.06. The largest absolute Gasteiger partial charge is 0.327 e. The second-order valence-corrected chi connectivity index (χ2v) is 4.71. The first-order valence-corrected chi connectivity index (χ1v) is 5.18. The highest BCUT2D eigenvalue weighted by Gasteiger charge is 2.41. The summed E-state index contributed by atoms with van der Waals surface area (Å²) in [5, 5.41) is 0. The Labute approximate surface area is 75.1 Å². The Morgan fingerprint density at radius 2 is 2.00 bits per heavy atom. The van der Waals surface area contributed by atoms with Crippen molar-refractivity contribution in [3.63, 3.8) is 0 Å². The molecule has 0 aromatic rings. The van der Waals surface area contributed by atoms with E-state index in [1.165, 1.54) is 25.9 Å². The van der Waals surface area contributed by atoms with Crippen molar-refractivity contribution in [3.05, 3.63) is 0 Å². The van der Waals surface area contributed by atoms with E-state index < -0.39 is 0 Å². The molecular weight excluding hydrogens is 148 g/mol. The normalized spacial score (nSPS) is 42.5. The fraction of sp³-hybridized carbons (Fsp3) is 1.00. The van der Waals surface area contributed by atoms with Gasteiger partial charge in [-0.1, -0.05) is 0 Å². The standard InChI is InChI=1S/C10H20N2/c1-7(2)12-5-8-3-4-10(11)9(8)6-12/h7-10H,3-6,11H2,1-2H3/t8-,9+,10-/m1/s1. The van der Waals surface area contributed by atoms with Gasteiger partial charge in [0.1, 0.15) is 0 Å². The third kappa shape index (κ3) is 1.27. The van der Waals surface area contributed by atoms with Gasteiger partial charge in [-0.05, 0) is 38.5 Å². The molecule has 0 unspecified atom stereocenters. The summed E-state index contributed by atoms with van der Waals surface area (Å²) in [6.45, 7) is 7.12. The fourth-order valence-corrected chi connectivity index (χ4v) is 2.76. The highest BCUT2D eigenvalue weighted by Crippen LogP contribution is 2.37. The molecule has 1 aliphatic carbocycles. The molecule has 0 aromatic carbocycles. The number of nitrogens with zero attached hydrogens (tertiary/aromatic N) is 1. The highest BCUT2D eigenvalue weighted by atomic mass is 15.2. The molecular formula is C10H20N2. The molecule has 1 saturated heterocycles. The van der Waals surface area contributed by atoms with Crippen LogP contribution >= 0.6 is 0 Å². The molecule has 0 spiro atoms. The van der Waals surface area contributed by atoms with E-state index in [1.54, 1.807) is 0 Å². The van der Waals surface area contributed by atoms with Crippen molar-refractivity contribution in [1.82, 2.24) is 4.90 Å². The second kappa shape index (κ2) is 3.00. The van der Waals surface area contributed by atoms with Gasteiger partial charge >= 0.3 is 0 Å². The molecule has 12 heavy (non-hydrogen) atoms. The summed E-state index contributed by atoms with van der Waals surface area (Å²) in [6, 6.07) is 1.21. The molecule has 2 rings (SSSR count). The molecule has 0 aromatic heterocycles. The van der Waals surface area contributed by atoms with Gasteiger partial charge < -0.3 is 10.6 Å². The molecule has 0 bridgehead atoms. The number of hydrogen-bond acceptors (Lipinski definition) is 2. The Kier molecular flexibility index (Phi) is 2.13. The van der Waals surface area contributed by atoms with Crippen molar-refractivity contribution in [2.45, 2.75) is 38.8 Å². The van der Waals surface area contributed by atoms with Gasteiger partial charge in [0.05, 0.1) is 0 Å². The van der Waals surface area contributed by atoms with E-state index in [0.29, 0.717) is 12.1 Å². The lowest BCUT2D eigenvalue weighted by Gasteiger charge is -2.22. The summed E-state index contributed by atoms with van der Waals surface area (Å²) >= 11 is 0. The van der Waals surface area contributed by atoms with Gasteiger partial charge in [0.2, 0.25) is 0 Å². The fourth-order valence-electron chi connectivity index (χ4n) is 2.76. The molecule has 1 saturated carbocycles. The second-order valence-electron chi connectivity index (χ2n) is 4.71. The van der Waals surface area contributed by atoms with Gasteiger partial charge in [-0.15, -0.1) is 0 Å².